The molecule has 0 aromatic heterocycles. The van der Waals surface area contributed by atoms with E-state index in [-0.39, 0.29) is 11.9 Å². The van der Waals surface area contributed by atoms with E-state index < -0.39 is 0 Å². The monoisotopic (exact) mass is 241 g/mol. The van der Waals surface area contributed by atoms with Crippen LogP contribution in [-0.2, 0) is 0 Å². The van der Waals surface area contributed by atoms with Crippen molar-refractivity contribution in [3.05, 3.63) is 29.1 Å². The van der Waals surface area contributed by atoms with Crippen LogP contribution in [0.1, 0.15) is 44.4 Å². The minimum absolute atomic E-state index is 0.123. The van der Waals surface area contributed by atoms with Crippen LogP contribution in [0.25, 0.3) is 0 Å². The molecule has 3 heteroatoms. The highest BCUT2D eigenvalue weighted by molar-refractivity contribution is 8.00. The van der Waals surface area contributed by atoms with Gasteiger partial charge in [-0.05, 0) is 43.5 Å². The van der Waals surface area contributed by atoms with E-state index in [1.165, 1.54) is 0 Å². The van der Waals surface area contributed by atoms with Gasteiger partial charge in [0.2, 0.25) is 0 Å². The van der Waals surface area contributed by atoms with E-state index in [0.717, 1.165) is 16.9 Å². The third-order valence-electron chi connectivity index (χ3n) is 2.68. The predicted molar refractivity (Wildman–Crippen MR) is 69.3 cm³/mol. The first-order valence-corrected chi connectivity index (χ1v) is 6.56. The Morgan fingerprint density at radius 2 is 2.00 bits per heavy atom. The van der Waals surface area contributed by atoms with Crippen molar-refractivity contribution in [3.8, 4) is 0 Å². The van der Waals surface area contributed by atoms with Crippen LogP contribution >= 0.6 is 11.8 Å². The van der Waals surface area contributed by atoms with Crippen molar-refractivity contribution < 1.29 is 4.39 Å². The average Bonchev–Trinajstić information content (AvgIpc) is 2.22. The van der Waals surface area contributed by atoms with E-state index in [1.807, 2.05) is 13.0 Å². The van der Waals surface area contributed by atoms with Crippen LogP contribution in [0.2, 0.25) is 0 Å². The first kappa shape index (κ1) is 13.5. The van der Waals surface area contributed by atoms with Gasteiger partial charge in [-0.2, -0.15) is 0 Å². The Bertz CT molecular complexity index is 363. The molecule has 1 nitrogen and oxygen atoms in total. The fraction of sp³-hybridized carbons (Fsp3) is 0.538. The topological polar surface area (TPSA) is 26.0 Å². The highest BCUT2D eigenvalue weighted by atomic mass is 32.2. The third-order valence-corrected chi connectivity index (χ3v) is 4.03. The molecular weight excluding hydrogens is 221 g/mol. The van der Waals surface area contributed by atoms with Gasteiger partial charge in [-0.1, -0.05) is 13.8 Å². The lowest BCUT2D eigenvalue weighted by atomic mass is 10.1. The van der Waals surface area contributed by atoms with Crippen LogP contribution in [0.15, 0.2) is 17.0 Å². The predicted octanol–water partition coefficient (Wildman–Crippen LogP) is 4.04. The molecule has 0 bridgehead atoms. The van der Waals surface area contributed by atoms with Crippen molar-refractivity contribution in [2.45, 2.75) is 50.3 Å². The van der Waals surface area contributed by atoms with Gasteiger partial charge >= 0.3 is 0 Å². The van der Waals surface area contributed by atoms with Gasteiger partial charge in [0.25, 0.3) is 0 Å². The van der Waals surface area contributed by atoms with E-state index in [4.69, 9.17) is 5.73 Å². The fourth-order valence-corrected chi connectivity index (χ4v) is 2.65. The Morgan fingerprint density at radius 3 is 2.50 bits per heavy atom. The second kappa shape index (κ2) is 5.69. The fourth-order valence-electron chi connectivity index (χ4n) is 1.43. The molecule has 0 aliphatic carbocycles. The van der Waals surface area contributed by atoms with Crippen molar-refractivity contribution in [1.82, 2.24) is 0 Å². The molecule has 0 fully saturated rings. The van der Waals surface area contributed by atoms with Gasteiger partial charge in [0.15, 0.2) is 0 Å². The molecule has 16 heavy (non-hydrogen) atoms. The molecule has 0 heterocycles. The molecule has 0 saturated carbocycles. The number of benzene rings is 1. The molecule has 90 valence electrons. The van der Waals surface area contributed by atoms with Crippen LogP contribution in [0.4, 0.5) is 4.39 Å². The molecule has 1 aromatic rings. The molecule has 2 N–H and O–H groups in total. The van der Waals surface area contributed by atoms with E-state index in [9.17, 15) is 4.39 Å². The summed E-state index contributed by atoms with van der Waals surface area (Å²) in [5.74, 6) is -0.166. The number of rotatable bonds is 4. The molecule has 0 saturated heterocycles. The Kier molecular flexibility index (Phi) is 4.81. The van der Waals surface area contributed by atoms with Crippen LogP contribution in [0.5, 0.6) is 0 Å². The van der Waals surface area contributed by atoms with Gasteiger partial charge in [-0.3, -0.25) is 0 Å². The van der Waals surface area contributed by atoms with Crippen LogP contribution in [0, 0.1) is 12.7 Å². The molecule has 0 radical (unpaired) electrons. The zero-order valence-corrected chi connectivity index (χ0v) is 11.2. The third kappa shape index (κ3) is 3.22. The second-order valence-corrected chi connectivity index (χ2v) is 5.74. The quantitative estimate of drug-likeness (QED) is 0.805. The van der Waals surface area contributed by atoms with Crippen LogP contribution < -0.4 is 5.73 Å². The minimum atomic E-state index is -0.166. The summed E-state index contributed by atoms with van der Waals surface area (Å²) >= 11 is 1.77. The average molecular weight is 241 g/mol. The largest absolute Gasteiger partial charge is 0.324 e. The minimum Gasteiger partial charge on any atom is -0.324 e. The molecular formula is C13H20FNS. The molecule has 2 unspecified atom stereocenters. The lowest BCUT2D eigenvalue weighted by Crippen LogP contribution is -2.08. The summed E-state index contributed by atoms with van der Waals surface area (Å²) in [6.07, 6.45) is 1.10. The number of hydrogen-bond acceptors (Lipinski definition) is 2. The lowest BCUT2D eigenvalue weighted by molar-refractivity contribution is 0.610. The van der Waals surface area contributed by atoms with Gasteiger partial charge in [0.05, 0.1) is 0 Å². The molecule has 2 atom stereocenters. The molecule has 0 aliphatic heterocycles. The summed E-state index contributed by atoms with van der Waals surface area (Å²) in [6, 6.07) is 3.36. The molecule has 0 amide bonds. The molecule has 0 aliphatic rings. The number of thioether (sulfide) groups is 1. The highest BCUT2D eigenvalue weighted by Gasteiger charge is 2.13. The zero-order chi connectivity index (χ0) is 12.3. The van der Waals surface area contributed by atoms with Gasteiger partial charge in [-0.25, -0.2) is 4.39 Å². The summed E-state index contributed by atoms with van der Waals surface area (Å²) in [5.41, 5.74) is 7.47. The van der Waals surface area contributed by atoms with Crippen LogP contribution in [-0.4, -0.2) is 5.25 Å². The highest BCUT2D eigenvalue weighted by Crippen LogP contribution is 2.32. The maximum atomic E-state index is 13.5. The number of aryl methyl sites for hydroxylation is 1. The van der Waals surface area contributed by atoms with Crippen molar-refractivity contribution in [2.75, 3.05) is 0 Å². The number of nitrogens with two attached hydrogens (primary N) is 1. The normalized spacial score (nSPS) is 14.9. The lowest BCUT2D eigenvalue weighted by Gasteiger charge is -2.16. The van der Waals surface area contributed by atoms with Crippen molar-refractivity contribution in [1.29, 1.82) is 0 Å². The van der Waals surface area contributed by atoms with Crippen molar-refractivity contribution in [2.24, 2.45) is 5.73 Å². The Hall–Kier alpha value is -0.540. The smallest absolute Gasteiger partial charge is 0.126 e. The van der Waals surface area contributed by atoms with Crippen molar-refractivity contribution >= 4 is 11.8 Å². The first-order valence-electron chi connectivity index (χ1n) is 5.68. The van der Waals surface area contributed by atoms with E-state index in [2.05, 4.69) is 13.8 Å². The summed E-state index contributed by atoms with van der Waals surface area (Å²) < 4.78 is 13.5. The Labute approximate surface area is 102 Å². The Morgan fingerprint density at radius 1 is 1.38 bits per heavy atom. The second-order valence-electron chi connectivity index (χ2n) is 4.26. The summed E-state index contributed by atoms with van der Waals surface area (Å²) in [6.45, 7) is 8.01. The summed E-state index contributed by atoms with van der Waals surface area (Å²) in [7, 11) is 0. The summed E-state index contributed by atoms with van der Waals surface area (Å²) in [4.78, 5) is 1.11. The van der Waals surface area contributed by atoms with Crippen molar-refractivity contribution in [3.63, 3.8) is 0 Å². The van der Waals surface area contributed by atoms with Gasteiger partial charge in [-0.15, -0.1) is 11.8 Å². The first-order chi connectivity index (χ1) is 7.45. The number of hydrogen-bond donors (Lipinski definition) is 1. The maximum absolute atomic E-state index is 13.5. The van der Waals surface area contributed by atoms with Gasteiger partial charge in [0.1, 0.15) is 5.82 Å². The summed E-state index contributed by atoms with van der Waals surface area (Å²) in [5, 5.41) is 0.530. The maximum Gasteiger partial charge on any atom is 0.126 e. The van der Waals surface area contributed by atoms with Gasteiger partial charge < -0.3 is 5.73 Å². The van der Waals surface area contributed by atoms with E-state index >= 15 is 0 Å². The molecule has 1 rings (SSSR count). The van der Waals surface area contributed by atoms with E-state index in [0.29, 0.717) is 10.8 Å². The zero-order valence-electron chi connectivity index (χ0n) is 10.4. The van der Waals surface area contributed by atoms with Gasteiger partial charge in [0, 0.05) is 16.2 Å². The standard InChI is InChI=1S/C13H20FNS/c1-5-9(3)16-13-6-8(2)12(14)7-11(13)10(4)15/h6-7,9-10H,5,15H2,1-4H3. The SMILES string of the molecule is CCC(C)Sc1cc(C)c(F)cc1C(C)N. The number of halogens is 1. The van der Waals surface area contributed by atoms with E-state index in [1.54, 1.807) is 24.8 Å². The van der Waals surface area contributed by atoms with Crippen LogP contribution in [0.3, 0.4) is 0 Å². The molecule has 1 aromatic carbocycles. The molecule has 0 spiro atoms. The Balaban J connectivity index is 3.09.